The molecular weight excluding hydrogens is 372 g/mol. The van der Waals surface area contributed by atoms with Crippen molar-refractivity contribution in [3.05, 3.63) is 57.9 Å². The lowest BCUT2D eigenvalue weighted by Crippen LogP contribution is -1.90. The van der Waals surface area contributed by atoms with Crippen LogP contribution in [0.4, 0.5) is 0 Å². The molecule has 0 radical (unpaired) electrons. The minimum atomic E-state index is 0.458. The molecular formula is C14H8Br2N2O. The zero-order valence-electron chi connectivity index (χ0n) is 9.68. The molecule has 0 aliphatic carbocycles. The second-order valence-electron chi connectivity index (χ2n) is 3.88. The molecule has 0 aliphatic rings. The summed E-state index contributed by atoms with van der Waals surface area (Å²) in [6.45, 7) is 0. The predicted octanol–water partition coefficient (Wildman–Crippen LogP) is 4.95. The molecule has 19 heavy (non-hydrogen) atoms. The third kappa shape index (κ3) is 2.62. The van der Waals surface area contributed by atoms with Gasteiger partial charge in [0, 0.05) is 0 Å². The van der Waals surface area contributed by atoms with Gasteiger partial charge in [-0.25, -0.2) is 9.97 Å². The summed E-state index contributed by atoms with van der Waals surface area (Å²) in [7, 11) is 0. The molecule has 0 atom stereocenters. The number of nitrogens with zero attached hydrogens (tertiary/aromatic N) is 2. The van der Waals surface area contributed by atoms with Crippen molar-refractivity contribution in [2.45, 2.75) is 0 Å². The van der Waals surface area contributed by atoms with Crippen LogP contribution in [-0.2, 0) is 0 Å². The Hall–Kier alpha value is -1.46. The number of hydrogen-bond donors (Lipinski definition) is 0. The van der Waals surface area contributed by atoms with Crippen LogP contribution in [-0.4, -0.2) is 9.97 Å². The van der Waals surface area contributed by atoms with Gasteiger partial charge < -0.3 is 4.74 Å². The lowest BCUT2D eigenvalue weighted by Gasteiger charge is -2.08. The highest BCUT2D eigenvalue weighted by Gasteiger charge is 2.07. The van der Waals surface area contributed by atoms with Gasteiger partial charge in [-0.2, -0.15) is 0 Å². The molecule has 0 aliphatic heterocycles. The Kier molecular flexibility index (Phi) is 3.48. The van der Waals surface area contributed by atoms with Crippen LogP contribution in [0, 0.1) is 0 Å². The van der Waals surface area contributed by atoms with Crippen LogP contribution in [0.15, 0.2) is 57.9 Å². The van der Waals surface area contributed by atoms with Gasteiger partial charge in [-0.05, 0) is 48.7 Å². The van der Waals surface area contributed by atoms with Crippen molar-refractivity contribution in [2.24, 2.45) is 0 Å². The largest absolute Gasteiger partial charge is 0.436 e. The second-order valence-corrected chi connectivity index (χ2v) is 5.48. The van der Waals surface area contributed by atoms with Gasteiger partial charge in [0.25, 0.3) is 0 Å². The third-order valence-electron chi connectivity index (χ3n) is 2.64. The molecule has 3 aromatic rings. The predicted molar refractivity (Wildman–Crippen MR) is 81.5 cm³/mol. The first-order valence-electron chi connectivity index (χ1n) is 5.57. The van der Waals surface area contributed by atoms with Gasteiger partial charge in [0.15, 0.2) is 0 Å². The van der Waals surface area contributed by atoms with Crippen molar-refractivity contribution in [3.63, 3.8) is 0 Å². The van der Waals surface area contributed by atoms with Crippen LogP contribution in [0.1, 0.15) is 0 Å². The van der Waals surface area contributed by atoms with Gasteiger partial charge in [-0.3, -0.25) is 0 Å². The number of aromatic nitrogens is 2. The first-order valence-corrected chi connectivity index (χ1v) is 7.15. The molecule has 5 heteroatoms. The number of fused-ring (bicyclic) bond motifs is 1. The fraction of sp³-hybridized carbons (Fsp3) is 0. The van der Waals surface area contributed by atoms with E-state index in [1.807, 2.05) is 30.3 Å². The summed E-state index contributed by atoms with van der Waals surface area (Å²) in [6.07, 6.45) is 3.18. The van der Waals surface area contributed by atoms with Crippen molar-refractivity contribution in [1.82, 2.24) is 9.97 Å². The van der Waals surface area contributed by atoms with Gasteiger partial charge in [0.05, 0.1) is 16.9 Å². The summed E-state index contributed by atoms with van der Waals surface area (Å²) >= 11 is 6.81. The van der Waals surface area contributed by atoms with E-state index in [1.165, 1.54) is 0 Å². The maximum absolute atomic E-state index is 5.73. The van der Waals surface area contributed by atoms with E-state index in [9.17, 15) is 0 Å². The molecule has 1 heterocycles. The van der Waals surface area contributed by atoms with E-state index in [0.717, 1.165) is 21.0 Å². The molecule has 94 valence electrons. The van der Waals surface area contributed by atoms with Crippen LogP contribution in [0.25, 0.3) is 10.8 Å². The van der Waals surface area contributed by atoms with Crippen molar-refractivity contribution in [3.8, 4) is 11.6 Å². The molecule has 0 unspecified atom stereocenters. The Balaban J connectivity index is 2.01. The summed E-state index contributed by atoms with van der Waals surface area (Å²) in [5, 5.41) is 2.26. The molecule has 3 nitrogen and oxygen atoms in total. The summed E-state index contributed by atoms with van der Waals surface area (Å²) in [5.41, 5.74) is 0. The van der Waals surface area contributed by atoms with Crippen LogP contribution in [0.3, 0.4) is 0 Å². The minimum absolute atomic E-state index is 0.458. The summed E-state index contributed by atoms with van der Waals surface area (Å²) < 4.78 is 7.32. The van der Waals surface area contributed by atoms with E-state index in [0.29, 0.717) is 10.5 Å². The normalized spacial score (nSPS) is 10.6. The maximum Gasteiger partial charge on any atom is 0.237 e. The van der Waals surface area contributed by atoms with Crippen molar-refractivity contribution >= 4 is 42.6 Å². The average Bonchev–Trinajstić information content (AvgIpc) is 2.45. The van der Waals surface area contributed by atoms with Crippen molar-refractivity contribution < 1.29 is 4.74 Å². The zero-order valence-corrected chi connectivity index (χ0v) is 12.8. The van der Waals surface area contributed by atoms with E-state index in [-0.39, 0.29) is 0 Å². The highest BCUT2D eigenvalue weighted by atomic mass is 79.9. The lowest BCUT2D eigenvalue weighted by atomic mass is 10.1. The molecule has 0 saturated carbocycles. The van der Waals surface area contributed by atoms with E-state index in [1.54, 1.807) is 12.4 Å². The maximum atomic E-state index is 5.73. The molecule has 3 rings (SSSR count). The summed E-state index contributed by atoms with van der Waals surface area (Å²) in [6, 6.07) is 12.0. The SMILES string of the molecule is Brc1cnc(Oc2ccc3ccccc3c2Br)cn1. The van der Waals surface area contributed by atoms with E-state index < -0.39 is 0 Å². The Morgan fingerprint density at radius 2 is 1.74 bits per heavy atom. The van der Waals surface area contributed by atoms with Crippen molar-refractivity contribution in [2.75, 3.05) is 0 Å². The Bertz CT molecular complexity index is 729. The number of hydrogen-bond acceptors (Lipinski definition) is 3. The fourth-order valence-corrected chi connectivity index (χ4v) is 2.54. The first kappa shape index (κ1) is 12.6. The molecule has 0 amide bonds. The highest BCUT2D eigenvalue weighted by molar-refractivity contribution is 9.11. The number of halogens is 2. The topological polar surface area (TPSA) is 35.0 Å². The van der Waals surface area contributed by atoms with Gasteiger partial charge >= 0.3 is 0 Å². The van der Waals surface area contributed by atoms with Crippen molar-refractivity contribution in [1.29, 1.82) is 0 Å². The Labute approximate surface area is 126 Å². The minimum Gasteiger partial charge on any atom is -0.436 e. The number of rotatable bonds is 2. The molecule has 0 bridgehead atoms. The molecule has 0 fully saturated rings. The summed E-state index contributed by atoms with van der Waals surface area (Å²) in [4.78, 5) is 8.22. The quantitative estimate of drug-likeness (QED) is 0.632. The fourth-order valence-electron chi connectivity index (χ4n) is 1.76. The van der Waals surface area contributed by atoms with Gasteiger partial charge in [0.2, 0.25) is 5.88 Å². The van der Waals surface area contributed by atoms with Crippen LogP contribution < -0.4 is 4.74 Å². The van der Waals surface area contributed by atoms with Crippen LogP contribution in [0.2, 0.25) is 0 Å². The average molecular weight is 380 g/mol. The van der Waals surface area contributed by atoms with Crippen LogP contribution >= 0.6 is 31.9 Å². The smallest absolute Gasteiger partial charge is 0.237 e. The monoisotopic (exact) mass is 378 g/mol. The first-order chi connectivity index (χ1) is 9.24. The van der Waals surface area contributed by atoms with Crippen LogP contribution in [0.5, 0.6) is 11.6 Å². The lowest BCUT2D eigenvalue weighted by molar-refractivity contribution is 0.458. The van der Waals surface area contributed by atoms with Gasteiger partial charge in [0.1, 0.15) is 10.4 Å². The van der Waals surface area contributed by atoms with Gasteiger partial charge in [-0.15, -0.1) is 0 Å². The second kappa shape index (κ2) is 5.27. The Morgan fingerprint density at radius 3 is 2.53 bits per heavy atom. The van der Waals surface area contributed by atoms with E-state index in [2.05, 4.69) is 47.9 Å². The highest BCUT2D eigenvalue weighted by Crippen LogP contribution is 2.35. The molecule has 2 aromatic carbocycles. The Morgan fingerprint density at radius 1 is 0.895 bits per heavy atom. The molecule has 0 spiro atoms. The number of benzene rings is 2. The van der Waals surface area contributed by atoms with E-state index in [4.69, 9.17) is 4.74 Å². The van der Waals surface area contributed by atoms with E-state index >= 15 is 0 Å². The summed E-state index contributed by atoms with van der Waals surface area (Å²) in [5.74, 6) is 1.18. The zero-order chi connectivity index (χ0) is 13.2. The standard InChI is InChI=1S/C14H8Br2N2O/c15-12-7-18-13(8-17-12)19-11-6-5-9-3-1-2-4-10(9)14(11)16/h1-8H. The van der Waals surface area contributed by atoms with Gasteiger partial charge in [-0.1, -0.05) is 30.3 Å². The number of ether oxygens (including phenoxy) is 1. The third-order valence-corrected chi connectivity index (χ3v) is 3.87. The molecule has 0 saturated heterocycles. The molecule has 0 N–H and O–H groups in total. The molecule has 1 aromatic heterocycles.